The maximum Gasteiger partial charge on any atom is 0.335 e. The lowest BCUT2D eigenvalue weighted by Gasteiger charge is -2.28. The number of nitrogens with zero attached hydrogens (tertiary/aromatic N) is 1. The molecule has 2 N–H and O–H groups in total. The topological polar surface area (TPSA) is 69.6 Å². The van der Waals surface area contributed by atoms with Crippen molar-refractivity contribution in [2.75, 3.05) is 19.6 Å². The molecule has 19 heavy (non-hydrogen) atoms. The summed E-state index contributed by atoms with van der Waals surface area (Å²) in [5.74, 6) is -0.899. The lowest BCUT2D eigenvalue weighted by Crippen LogP contribution is -2.39. The zero-order chi connectivity index (χ0) is 13.8. The quantitative estimate of drug-likeness (QED) is 0.845. The second-order valence-electron chi connectivity index (χ2n) is 4.70. The number of benzene rings is 1. The molecule has 2 rings (SSSR count). The highest BCUT2D eigenvalue weighted by Crippen LogP contribution is 2.20. The van der Waals surface area contributed by atoms with Gasteiger partial charge in [-0.25, -0.2) is 4.79 Å². The van der Waals surface area contributed by atoms with Crippen LogP contribution in [0.1, 0.15) is 28.4 Å². The van der Waals surface area contributed by atoms with E-state index in [1.807, 2.05) is 17.9 Å². The standard InChI is InChI=1S/C14H18N2O3/c1-2-15-13(17)9-16-6-5-10-3-4-11(14(18)19)7-12(10)8-16/h3-4,7H,2,5-6,8-9H2,1H3,(H,15,17)(H,18,19). The fourth-order valence-corrected chi connectivity index (χ4v) is 2.34. The molecule has 5 nitrogen and oxygen atoms in total. The van der Waals surface area contributed by atoms with E-state index in [9.17, 15) is 9.59 Å². The van der Waals surface area contributed by atoms with Gasteiger partial charge in [-0.05, 0) is 36.6 Å². The first-order valence-corrected chi connectivity index (χ1v) is 6.44. The first kappa shape index (κ1) is 13.5. The molecule has 0 radical (unpaired) electrons. The third-order valence-corrected chi connectivity index (χ3v) is 3.29. The molecule has 1 aromatic rings. The minimum atomic E-state index is -0.913. The number of rotatable bonds is 4. The normalized spacial score (nSPS) is 14.8. The van der Waals surface area contributed by atoms with E-state index in [4.69, 9.17) is 5.11 Å². The SMILES string of the molecule is CCNC(=O)CN1CCc2ccc(C(=O)O)cc2C1. The van der Waals surface area contributed by atoms with Gasteiger partial charge in [-0.1, -0.05) is 6.07 Å². The monoisotopic (exact) mass is 262 g/mol. The first-order chi connectivity index (χ1) is 9.10. The molecular weight excluding hydrogens is 244 g/mol. The fourth-order valence-electron chi connectivity index (χ4n) is 2.34. The molecule has 5 heteroatoms. The minimum absolute atomic E-state index is 0.0142. The number of hydrogen-bond donors (Lipinski definition) is 2. The lowest BCUT2D eigenvalue weighted by molar-refractivity contribution is -0.122. The number of fused-ring (bicyclic) bond motifs is 1. The smallest absolute Gasteiger partial charge is 0.335 e. The van der Waals surface area contributed by atoms with Crippen LogP contribution in [-0.2, 0) is 17.8 Å². The molecule has 1 amide bonds. The van der Waals surface area contributed by atoms with E-state index < -0.39 is 5.97 Å². The second kappa shape index (κ2) is 5.84. The number of hydrogen-bond acceptors (Lipinski definition) is 3. The Bertz CT molecular complexity index is 499. The summed E-state index contributed by atoms with van der Waals surface area (Å²) in [6.45, 7) is 4.35. The van der Waals surface area contributed by atoms with Crippen molar-refractivity contribution >= 4 is 11.9 Å². The maximum atomic E-state index is 11.6. The number of carboxylic acids is 1. The van der Waals surface area contributed by atoms with E-state index >= 15 is 0 Å². The summed E-state index contributed by atoms with van der Waals surface area (Å²) in [7, 11) is 0. The number of carbonyl (C=O) groups excluding carboxylic acids is 1. The Labute approximate surface area is 112 Å². The minimum Gasteiger partial charge on any atom is -0.478 e. The lowest BCUT2D eigenvalue weighted by atomic mass is 9.97. The summed E-state index contributed by atoms with van der Waals surface area (Å²) in [6.07, 6.45) is 0.856. The molecule has 0 bridgehead atoms. The highest BCUT2D eigenvalue weighted by molar-refractivity contribution is 5.88. The molecule has 0 fully saturated rings. The molecule has 0 spiro atoms. The van der Waals surface area contributed by atoms with Crippen molar-refractivity contribution in [3.63, 3.8) is 0 Å². The van der Waals surface area contributed by atoms with Crippen LogP contribution in [0.2, 0.25) is 0 Å². The molecule has 102 valence electrons. The molecule has 0 atom stereocenters. The van der Waals surface area contributed by atoms with Crippen molar-refractivity contribution in [1.29, 1.82) is 0 Å². The third-order valence-electron chi connectivity index (χ3n) is 3.29. The van der Waals surface area contributed by atoms with Crippen LogP contribution in [0, 0.1) is 0 Å². The fraction of sp³-hybridized carbons (Fsp3) is 0.429. The van der Waals surface area contributed by atoms with Crippen LogP contribution in [0.15, 0.2) is 18.2 Å². The zero-order valence-electron chi connectivity index (χ0n) is 11.0. The molecule has 0 aliphatic carbocycles. The van der Waals surface area contributed by atoms with Gasteiger partial charge in [0.15, 0.2) is 0 Å². The Morgan fingerprint density at radius 3 is 2.84 bits per heavy atom. The van der Waals surface area contributed by atoms with E-state index in [0.29, 0.717) is 25.2 Å². The van der Waals surface area contributed by atoms with Gasteiger partial charge >= 0.3 is 5.97 Å². The van der Waals surface area contributed by atoms with E-state index in [0.717, 1.165) is 18.5 Å². The number of likely N-dealkylation sites (N-methyl/N-ethyl adjacent to an activating group) is 1. The van der Waals surface area contributed by atoms with E-state index in [1.165, 1.54) is 5.56 Å². The molecule has 1 aliphatic rings. The first-order valence-electron chi connectivity index (χ1n) is 6.44. The van der Waals surface area contributed by atoms with Crippen LogP contribution in [-0.4, -0.2) is 41.5 Å². The average Bonchev–Trinajstić information content (AvgIpc) is 2.38. The number of aromatic carboxylic acids is 1. The van der Waals surface area contributed by atoms with Gasteiger partial charge in [-0.3, -0.25) is 9.69 Å². The van der Waals surface area contributed by atoms with Crippen LogP contribution in [0.25, 0.3) is 0 Å². The molecule has 0 aromatic heterocycles. The molecule has 1 aliphatic heterocycles. The Morgan fingerprint density at radius 2 is 2.16 bits per heavy atom. The van der Waals surface area contributed by atoms with Crippen molar-refractivity contribution in [1.82, 2.24) is 10.2 Å². The van der Waals surface area contributed by atoms with E-state index in [2.05, 4.69) is 5.32 Å². The van der Waals surface area contributed by atoms with Gasteiger partial charge in [0.2, 0.25) is 5.91 Å². The third kappa shape index (κ3) is 3.32. The van der Waals surface area contributed by atoms with Gasteiger partial charge in [-0.15, -0.1) is 0 Å². The maximum absolute atomic E-state index is 11.6. The summed E-state index contributed by atoms with van der Waals surface area (Å²) in [4.78, 5) is 24.5. The van der Waals surface area contributed by atoms with Gasteiger partial charge in [0.1, 0.15) is 0 Å². The van der Waals surface area contributed by atoms with Crippen LogP contribution in [0.5, 0.6) is 0 Å². The van der Waals surface area contributed by atoms with Crippen molar-refractivity contribution in [3.8, 4) is 0 Å². The molecule has 1 heterocycles. The molecule has 0 saturated heterocycles. The van der Waals surface area contributed by atoms with Crippen molar-refractivity contribution < 1.29 is 14.7 Å². The zero-order valence-corrected chi connectivity index (χ0v) is 11.0. The molecule has 0 saturated carbocycles. The van der Waals surface area contributed by atoms with Crippen LogP contribution < -0.4 is 5.32 Å². The molecular formula is C14H18N2O3. The molecule has 1 aromatic carbocycles. The Hall–Kier alpha value is -1.88. The average molecular weight is 262 g/mol. The predicted molar refractivity (Wildman–Crippen MR) is 71.1 cm³/mol. The highest BCUT2D eigenvalue weighted by Gasteiger charge is 2.19. The number of amides is 1. The largest absolute Gasteiger partial charge is 0.478 e. The number of nitrogens with one attached hydrogen (secondary N) is 1. The summed E-state index contributed by atoms with van der Waals surface area (Å²) >= 11 is 0. The van der Waals surface area contributed by atoms with Crippen LogP contribution in [0.3, 0.4) is 0 Å². The van der Waals surface area contributed by atoms with Crippen molar-refractivity contribution in [3.05, 3.63) is 34.9 Å². The Balaban J connectivity index is 2.07. The van der Waals surface area contributed by atoms with Crippen molar-refractivity contribution in [2.45, 2.75) is 19.9 Å². The summed E-state index contributed by atoms with van der Waals surface area (Å²) < 4.78 is 0. The second-order valence-corrected chi connectivity index (χ2v) is 4.70. The van der Waals surface area contributed by atoms with Gasteiger partial charge in [0.25, 0.3) is 0 Å². The highest BCUT2D eigenvalue weighted by atomic mass is 16.4. The van der Waals surface area contributed by atoms with Gasteiger partial charge in [-0.2, -0.15) is 0 Å². The van der Waals surface area contributed by atoms with Crippen LogP contribution >= 0.6 is 0 Å². The van der Waals surface area contributed by atoms with E-state index in [-0.39, 0.29) is 5.91 Å². The summed E-state index contributed by atoms with van der Waals surface area (Å²) in [5.41, 5.74) is 2.49. The van der Waals surface area contributed by atoms with Gasteiger partial charge < -0.3 is 10.4 Å². The van der Waals surface area contributed by atoms with E-state index in [1.54, 1.807) is 12.1 Å². The number of carbonyl (C=O) groups is 2. The Kier molecular flexibility index (Phi) is 4.16. The van der Waals surface area contributed by atoms with Gasteiger partial charge in [0.05, 0.1) is 12.1 Å². The molecule has 0 unspecified atom stereocenters. The van der Waals surface area contributed by atoms with Crippen molar-refractivity contribution in [2.24, 2.45) is 0 Å². The predicted octanol–water partition coefficient (Wildman–Crippen LogP) is 0.879. The summed E-state index contributed by atoms with van der Waals surface area (Å²) in [5, 5.41) is 11.8. The number of carboxylic acid groups (broad SMARTS) is 1. The van der Waals surface area contributed by atoms with Crippen LogP contribution in [0.4, 0.5) is 0 Å². The Morgan fingerprint density at radius 1 is 1.37 bits per heavy atom. The summed E-state index contributed by atoms with van der Waals surface area (Å²) in [6, 6.07) is 5.23. The van der Waals surface area contributed by atoms with Gasteiger partial charge in [0, 0.05) is 19.6 Å².